The topological polar surface area (TPSA) is 0 Å². The van der Waals surface area contributed by atoms with Gasteiger partial charge in [0.2, 0.25) is 0 Å². The zero-order valence-electron chi connectivity index (χ0n) is 1.61. The monoisotopic (exact) mass is 246 g/mol. The summed E-state index contributed by atoms with van der Waals surface area (Å²) in [5.74, 6) is 0. The fraction of sp³-hybridized carbons (Fsp3) is 0. The molecule has 0 amide bonds. The molecule has 0 aromatic rings. The molecule has 0 saturated heterocycles. The molecule has 0 unspecified atom stereocenters. The van der Waals surface area contributed by atoms with Crippen LogP contribution < -0.4 is 0 Å². The van der Waals surface area contributed by atoms with Gasteiger partial charge in [-0.3, -0.25) is 0 Å². The molecule has 0 aliphatic rings. The van der Waals surface area contributed by atoms with Gasteiger partial charge in [0.25, 0.3) is 0 Å². The molecule has 0 aliphatic heterocycles. The van der Waals surface area contributed by atoms with Crippen molar-refractivity contribution in [2.24, 2.45) is 0 Å². The maximum atomic E-state index is 4.93. The first kappa shape index (κ1) is 9.31. The van der Waals surface area contributed by atoms with Crippen molar-refractivity contribution in [2.75, 3.05) is 0 Å². The summed E-state index contributed by atoms with van der Waals surface area (Å²) in [5.41, 5.74) is 0. The minimum atomic E-state index is -0.826. The van der Waals surface area contributed by atoms with Crippen molar-refractivity contribution in [3.63, 3.8) is 0 Å². The predicted octanol–water partition coefficient (Wildman–Crippen LogP) is 0.996. The Hall–Kier alpha value is 1.90. The third kappa shape index (κ3) is 9.09. The van der Waals surface area contributed by atoms with E-state index in [0.717, 1.165) is 0 Å². The molecule has 0 aromatic carbocycles. The van der Waals surface area contributed by atoms with E-state index < -0.39 is 18.9 Å². The molecule has 0 atom stereocenters. The Morgan fingerprint density at radius 3 is 1.25 bits per heavy atom. The fourth-order valence-electron chi connectivity index (χ4n) is 0. The van der Waals surface area contributed by atoms with Gasteiger partial charge in [-0.1, -0.05) is 0 Å². The predicted molar refractivity (Wildman–Crippen MR) is 17.5 cm³/mol. The molecule has 0 N–H and O–H groups in total. The molecule has 0 nitrogen and oxygen atoms in total. The molecule has 0 saturated carbocycles. The van der Waals surface area contributed by atoms with E-state index in [4.69, 9.17) is 17.8 Å². The number of hydrogen-bond acceptors (Lipinski definition) is 0. The molecule has 0 heterocycles. The van der Waals surface area contributed by atoms with Crippen LogP contribution in [0.3, 0.4) is 0 Å². The summed E-state index contributed by atoms with van der Waals surface area (Å²) in [7, 11) is 9.87. The van der Waals surface area contributed by atoms with Crippen molar-refractivity contribution in [1.29, 1.82) is 0 Å². The summed E-state index contributed by atoms with van der Waals surface area (Å²) in [4.78, 5) is 0. The van der Waals surface area contributed by atoms with Crippen LogP contribution in [0.5, 0.6) is 0 Å². The second-order valence-corrected chi connectivity index (χ2v) is 4.31. The molecule has 4 heavy (non-hydrogen) atoms. The zero-order chi connectivity index (χ0) is 2.71. The van der Waals surface area contributed by atoms with Gasteiger partial charge in [-0.15, -0.1) is 0 Å². The minimum Gasteiger partial charge on any atom is 0 e. The number of halogens is 2. The van der Waals surface area contributed by atoms with Gasteiger partial charge in [0.15, 0.2) is 0 Å². The van der Waals surface area contributed by atoms with Gasteiger partial charge >= 0.3 is 36.7 Å². The van der Waals surface area contributed by atoms with Crippen LogP contribution in [0, 0.1) is 0 Å². The molecule has 2 radical (unpaired) electrons. The summed E-state index contributed by atoms with van der Waals surface area (Å²) in [6.45, 7) is 0. The molecule has 0 aromatic heterocycles. The van der Waals surface area contributed by atoms with Crippen LogP contribution in [-0.2, 0) is 17.1 Å². The quantitative estimate of drug-likeness (QED) is 0.559. The maximum Gasteiger partial charge on any atom is 0 e. The van der Waals surface area contributed by atoms with E-state index in [9.17, 15) is 0 Å². The van der Waals surface area contributed by atoms with Crippen LogP contribution >= 0.6 is 17.8 Å². The first-order valence-electron chi connectivity index (χ1n) is 0.378. The number of hydrogen-bond donors (Lipinski definition) is 0. The van der Waals surface area contributed by atoms with Gasteiger partial charge < -0.3 is 0 Å². The van der Waals surface area contributed by atoms with Crippen molar-refractivity contribution in [2.45, 2.75) is 0 Å². The standard InChI is InChI=1S/2ClH.Fe.Sn/h2*1H;;/q;;;+2/p-2. The van der Waals surface area contributed by atoms with Gasteiger partial charge in [-0.05, 0) is 0 Å². The largest absolute Gasteiger partial charge is 0 e. The Labute approximate surface area is 53.4 Å². The summed E-state index contributed by atoms with van der Waals surface area (Å²) >= 11 is -0.826. The van der Waals surface area contributed by atoms with Crippen LogP contribution in [0.25, 0.3) is 0 Å². The van der Waals surface area contributed by atoms with Crippen LogP contribution in [0.1, 0.15) is 0 Å². The van der Waals surface area contributed by atoms with Crippen LogP contribution in [0.2, 0.25) is 0 Å². The Balaban J connectivity index is 0. The molecule has 4 heteroatoms. The van der Waals surface area contributed by atoms with E-state index in [0.29, 0.717) is 0 Å². The Bertz CT molecular complexity index is 6.00. The molecule has 0 fully saturated rings. The van der Waals surface area contributed by atoms with Crippen molar-refractivity contribution >= 4 is 36.7 Å². The van der Waals surface area contributed by atoms with E-state index in [2.05, 4.69) is 0 Å². The van der Waals surface area contributed by atoms with Crippen LogP contribution in [0.4, 0.5) is 0 Å². The van der Waals surface area contributed by atoms with Crippen LogP contribution in [-0.4, -0.2) is 18.9 Å². The van der Waals surface area contributed by atoms with Crippen molar-refractivity contribution < 1.29 is 17.1 Å². The van der Waals surface area contributed by atoms with Gasteiger partial charge in [0.05, 0.1) is 0 Å². The van der Waals surface area contributed by atoms with Gasteiger partial charge in [0.1, 0.15) is 0 Å². The first-order chi connectivity index (χ1) is 1.41. The zero-order valence-corrected chi connectivity index (χ0v) is 7.08. The third-order valence-electron chi connectivity index (χ3n) is 0. The summed E-state index contributed by atoms with van der Waals surface area (Å²) in [6.07, 6.45) is 0. The molecule has 0 spiro atoms. The second kappa shape index (κ2) is 8.86. The Morgan fingerprint density at radius 2 is 1.25 bits per heavy atom. The minimum absolute atomic E-state index is 0. The number of rotatable bonds is 0. The van der Waals surface area contributed by atoms with Crippen LogP contribution in [0.15, 0.2) is 0 Å². The molecular formula is Cl2FeSn. The van der Waals surface area contributed by atoms with Crippen molar-refractivity contribution in [3.05, 3.63) is 0 Å². The maximum absolute atomic E-state index is 4.93. The van der Waals surface area contributed by atoms with E-state index in [-0.39, 0.29) is 17.1 Å². The van der Waals surface area contributed by atoms with Crippen molar-refractivity contribution in [3.8, 4) is 0 Å². The van der Waals surface area contributed by atoms with Crippen molar-refractivity contribution in [1.82, 2.24) is 0 Å². The smallest absolute Gasteiger partial charge is 0 e. The first-order valence-corrected chi connectivity index (χ1v) is 7.61. The second-order valence-electron chi connectivity index (χ2n) is 0.0714. The molecule has 0 bridgehead atoms. The molecule has 0 aliphatic carbocycles. The van der Waals surface area contributed by atoms with E-state index in [1.807, 2.05) is 0 Å². The summed E-state index contributed by atoms with van der Waals surface area (Å²) in [6, 6.07) is 0. The summed E-state index contributed by atoms with van der Waals surface area (Å²) in [5, 5.41) is 0. The average molecular weight is 245 g/mol. The molecule has 26 valence electrons. The fourth-order valence-corrected chi connectivity index (χ4v) is 0. The SMILES string of the molecule is [Cl][Sn][Cl].[Fe]. The molecule has 0 rings (SSSR count). The van der Waals surface area contributed by atoms with E-state index in [1.165, 1.54) is 0 Å². The average Bonchev–Trinajstić information content (AvgIpc) is 0.918. The molecular weight excluding hydrogens is 245 g/mol. The summed E-state index contributed by atoms with van der Waals surface area (Å²) < 4.78 is 0. The van der Waals surface area contributed by atoms with Gasteiger partial charge in [-0.25, -0.2) is 0 Å². The van der Waals surface area contributed by atoms with Gasteiger partial charge in [-0.2, -0.15) is 0 Å². The third-order valence-corrected chi connectivity index (χ3v) is 0. The van der Waals surface area contributed by atoms with E-state index in [1.54, 1.807) is 0 Å². The van der Waals surface area contributed by atoms with Gasteiger partial charge in [0, 0.05) is 17.1 Å². The Kier molecular flexibility index (Phi) is 20.6. The van der Waals surface area contributed by atoms with E-state index >= 15 is 0 Å². The normalized spacial score (nSPS) is 4.50. The Morgan fingerprint density at radius 1 is 1.25 bits per heavy atom.